The molecular weight excluding hydrogens is 264 g/mol. The zero-order chi connectivity index (χ0) is 15.7. The van der Waals surface area contributed by atoms with Crippen LogP contribution in [0.25, 0.3) is 0 Å². The zero-order valence-electron chi connectivity index (χ0n) is 13.5. The third kappa shape index (κ3) is 3.94. The minimum Gasteiger partial charge on any atom is -0.320 e. The molecule has 0 heterocycles. The van der Waals surface area contributed by atoms with Crippen LogP contribution in [0.3, 0.4) is 0 Å². The summed E-state index contributed by atoms with van der Waals surface area (Å²) >= 11 is 0. The second-order valence-corrected chi connectivity index (χ2v) is 7.20. The van der Waals surface area contributed by atoms with Crippen molar-refractivity contribution in [2.45, 2.75) is 65.0 Å². The fourth-order valence-corrected chi connectivity index (χ4v) is 3.06. The van der Waals surface area contributed by atoms with Gasteiger partial charge in [0.05, 0.1) is 6.04 Å². The van der Waals surface area contributed by atoms with Crippen molar-refractivity contribution in [3.8, 4) is 0 Å². The summed E-state index contributed by atoms with van der Waals surface area (Å²) in [6.45, 7) is 9.49. The molecule has 2 aliphatic rings. The molecule has 4 heteroatoms. The number of carbonyl (C=O) groups excluding carboxylic acids is 2. The fourth-order valence-electron chi connectivity index (χ4n) is 3.06. The van der Waals surface area contributed by atoms with Crippen LogP contribution >= 0.6 is 0 Å². The van der Waals surface area contributed by atoms with Crippen molar-refractivity contribution in [1.82, 2.24) is 4.90 Å². The van der Waals surface area contributed by atoms with Crippen LogP contribution in [-0.4, -0.2) is 28.8 Å². The van der Waals surface area contributed by atoms with Crippen LogP contribution < -0.4 is 5.73 Å². The van der Waals surface area contributed by atoms with Crippen molar-refractivity contribution < 1.29 is 9.59 Å². The maximum absolute atomic E-state index is 12.8. The molecule has 0 aromatic heterocycles. The van der Waals surface area contributed by atoms with Crippen LogP contribution in [0, 0.1) is 17.8 Å². The van der Waals surface area contributed by atoms with Crippen molar-refractivity contribution in [2.75, 3.05) is 0 Å². The molecule has 2 aliphatic carbocycles. The van der Waals surface area contributed by atoms with Gasteiger partial charge in [0.2, 0.25) is 5.91 Å². The minimum absolute atomic E-state index is 0.0555. The number of nitrogens with zero attached hydrogens (tertiary/aromatic N) is 1. The highest BCUT2D eigenvalue weighted by molar-refractivity contribution is 6.05. The fraction of sp³-hybridized carbons (Fsp3) is 0.765. The normalized spacial score (nSPS) is 19.7. The van der Waals surface area contributed by atoms with Gasteiger partial charge >= 0.3 is 0 Å². The zero-order valence-corrected chi connectivity index (χ0v) is 13.5. The molecular formula is C17H28N2O2. The average molecular weight is 292 g/mol. The largest absolute Gasteiger partial charge is 0.320 e. The van der Waals surface area contributed by atoms with Gasteiger partial charge in [0.25, 0.3) is 5.91 Å². The van der Waals surface area contributed by atoms with Crippen molar-refractivity contribution >= 4 is 11.8 Å². The predicted octanol–water partition coefficient (Wildman–Crippen LogP) is 2.48. The molecule has 0 bridgehead atoms. The first-order chi connectivity index (χ1) is 9.82. The van der Waals surface area contributed by atoms with Gasteiger partial charge in [0, 0.05) is 11.6 Å². The average Bonchev–Trinajstić information content (AvgIpc) is 3.26. The summed E-state index contributed by atoms with van der Waals surface area (Å²) in [6.07, 6.45) is 5.09. The Morgan fingerprint density at radius 1 is 1.19 bits per heavy atom. The summed E-state index contributed by atoms with van der Waals surface area (Å²) in [6, 6.07) is -0.534. The van der Waals surface area contributed by atoms with Crippen LogP contribution in [0.2, 0.25) is 0 Å². The SMILES string of the molecule is C=C(C)C(=O)N(C(=O)C(N)CC(C)C)C(C1CC1)C1CC1. The van der Waals surface area contributed by atoms with E-state index in [1.165, 1.54) is 4.90 Å². The van der Waals surface area contributed by atoms with Crippen molar-refractivity contribution in [3.05, 3.63) is 12.2 Å². The lowest BCUT2D eigenvalue weighted by Crippen LogP contribution is -2.53. The van der Waals surface area contributed by atoms with E-state index in [9.17, 15) is 9.59 Å². The van der Waals surface area contributed by atoms with E-state index in [2.05, 4.69) is 6.58 Å². The molecule has 0 radical (unpaired) electrons. The number of carbonyl (C=O) groups is 2. The standard InChI is InChI=1S/C17H28N2O2/c1-10(2)9-14(18)17(21)19(16(20)11(3)4)15(12-5-6-12)13-7-8-13/h10,12-15H,3,5-9,18H2,1-2,4H3. The Bertz CT molecular complexity index is 424. The molecule has 0 saturated heterocycles. The Morgan fingerprint density at radius 3 is 2.00 bits per heavy atom. The molecule has 1 unspecified atom stereocenters. The van der Waals surface area contributed by atoms with Crippen molar-refractivity contribution in [1.29, 1.82) is 0 Å². The van der Waals surface area contributed by atoms with E-state index >= 15 is 0 Å². The number of hydrogen-bond donors (Lipinski definition) is 1. The van der Waals surface area contributed by atoms with Crippen molar-refractivity contribution in [3.63, 3.8) is 0 Å². The summed E-state index contributed by atoms with van der Waals surface area (Å²) < 4.78 is 0. The van der Waals surface area contributed by atoms with E-state index in [-0.39, 0.29) is 17.9 Å². The lowest BCUT2D eigenvalue weighted by molar-refractivity contribution is -0.147. The lowest BCUT2D eigenvalue weighted by atomic mass is 9.99. The molecule has 0 spiro atoms. The highest BCUT2D eigenvalue weighted by Gasteiger charge is 2.48. The van der Waals surface area contributed by atoms with Gasteiger partial charge in [0.1, 0.15) is 0 Å². The first-order valence-corrected chi connectivity index (χ1v) is 8.11. The molecule has 1 atom stereocenters. The first-order valence-electron chi connectivity index (χ1n) is 8.11. The first kappa shape index (κ1) is 16.2. The summed E-state index contributed by atoms with van der Waals surface area (Å²) in [5, 5.41) is 0. The Morgan fingerprint density at radius 2 is 1.67 bits per heavy atom. The Hall–Kier alpha value is -1.16. The van der Waals surface area contributed by atoms with Gasteiger partial charge in [-0.3, -0.25) is 14.5 Å². The van der Waals surface area contributed by atoms with Gasteiger partial charge in [-0.05, 0) is 56.8 Å². The number of hydrogen-bond acceptors (Lipinski definition) is 3. The molecule has 0 aliphatic heterocycles. The summed E-state index contributed by atoms with van der Waals surface area (Å²) in [4.78, 5) is 26.8. The van der Waals surface area contributed by atoms with Gasteiger partial charge in [0.15, 0.2) is 0 Å². The maximum atomic E-state index is 12.8. The van der Waals surface area contributed by atoms with Crippen LogP contribution in [0.1, 0.15) is 52.9 Å². The quantitative estimate of drug-likeness (QED) is 0.733. The number of nitrogens with two attached hydrogens (primary N) is 1. The van der Waals surface area contributed by atoms with Crippen LogP contribution in [0.5, 0.6) is 0 Å². The summed E-state index contributed by atoms with van der Waals surface area (Å²) in [5.41, 5.74) is 6.49. The van der Waals surface area contributed by atoms with E-state index < -0.39 is 6.04 Å². The van der Waals surface area contributed by atoms with Gasteiger partial charge in [-0.15, -0.1) is 0 Å². The molecule has 2 saturated carbocycles. The van der Waals surface area contributed by atoms with Gasteiger partial charge < -0.3 is 5.73 Å². The smallest absolute Gasteiger partial charge is 0.255 e. The molecule has 4 nitrogen and oxygen atoms in total. The van der Waals surface area contributed by atoms with Gasteiger partial charge in [-0.2, -0.15) is 0 Å². The van der Waals surface area contributed by atoms with Crippen LogP contribution in [-0.2, 0) is 9.59 Å². The monoisotopic (exact) mass is 292 g/mol. The number of rotatable bonds is 7. The Labute approximate surface area is 127 Å². The molecule has 2 fully saturated rings. The van der Waals surface area contributed by atoms with E-state index in [1.54, 1.807) is 6.92 Å². The van der Waals surface area contributed by atoms with E-state index in [1.807, 2.05) is 13.8 Å². The van der Waals surface area contributed by atoms with E-state index in [4.69, 9.17) is 5.73 Å². The van der Waals surface area contributed by atoms with Gasteiger partial charge in [-0.1, -0.05) is 20.4 Å². The highest BCUT2D eigenvalue weighted by Crippen LogP contribution is 2.47. The third-order valence-electron chi connectivity index (χ3n) is 4.37. The third-order valence-corrected chi connectivity index (χ3v) is 4.37. The molecule has 2 rings (SSSR count). The Balaban J connectivity index is 2.20. The maximum Gasteiger partial charge on any atom is 0.255 e. The molecule has 2 amide bonds. The van der Waals surface area contributed by atoms with Crippen molar-refractivity contribution in [2.24, 2.45) is 23.5 Å². The van der Waals surface area contributed by atoms with Gasteiger partial charge in [-0.25, -0.2) is 0 Å². The van der Waals surface area contributed by atoms with E-state index in [0.29, 0.717) is 29.7 Å². The molecule has 0 aromatic carbocycles. The lowest BCUT2D eigenvalue weighted by Gasteiger charge is -2.33. The number of imide groups is 1. The number of amides is 2. The highest BCUT2D eigenvalue weighted by atomic mass is 16.2. The topological polar surface area (TPSA) is 63.4 Å². The molecule has 2 N–H and O–H groups in total. The van der Waals surface area contributed by atoms with Crippen LogP contribution in [0.15, 0.2) is 12.2 Å². The van der Waals surface area contributed by atoms with Crippen LogP contribution in [0.4, 0.5) is 0 Å². The van der Waals surface area contributed by atoms with E-state index in [0.717, 1.165) is 25.7 Å². The summed E-state index contributed by atoms with van der Waals surface area (Å²) in [5.74, 6) is 0.863. The summed E-state index contributed by atoms with van der Waals surface area (Å²) in [7, 11) is 0. The molecule has 21 heavy (non-hydrogen) atoms. The second-order valence-electron chi connectivity index (χ2n) is 7.20. The molecule has 118 valence electrons. The minimum atomic E-state index is -0.590. The predicted molar refractivity (Wildman–Crippen MR) is 83.3 cm³/mol. The molecule has 0 aromatic rings. The second kappa shape index (κ2) is 6.30. The Kier molecular flexibility index (Phi) is 4.87.